The third kappa shape index (κ3) is 1.86. The van der Waals surface area contributed by atoms with Gasteiger partial charge in [0.25, 0.3) is 0 Å². The topological polar surface area (TPSA) is 67.0 Å². The summed E-state index contributed by atoms with van der Waals surface area (Å²) in [5, 5.41) is 9.54. The van der Waals surface area contributed by atoms with Crippen LogP contribution in [-0.2, 0) is 9.47 Å². The molecule has 2 heterocycles. The molecule has 0 unspecified atom stereocenters. The van der Waals surface area contributed by atoms with Gasteiger partial charge in [-0.1, -0.05) is 0 Å². The zero-order valence-electron chi connectivity index (χ0n) is 10.4. The van der Waals surface area contributed by atoms with E-state index in [-0.39, 0.29) is 0 Å². The normalized spacial score (nSPS) is 28.9. The summed E-state index contributed by atoms with van der Waals surface area (Å²) >= 11 is 0. The minimum atomic E-state index is -0.530. The molecule has 0 amide bonds. The summed E-state index contributed by atoms with van der Waals surface area (Å²) in [6.45, 7) is 2.08. The lowest BCUT2D eigenvalue weighted by molar-refractivity contribution is -0.183. The number of nitrogens with zero attached hydrogens (tertiary/aromatic N) is 3. The lowest BCUT2D eigenvalue weighted by Gasteiger charge is -2.39. The van der Waals surface area contributed by atoms with Gasteiger partial charge in [-0.15, -0.1) is 0 Å². The highest BCUT2D eigenvalue weighted by Crippen LogP contribution is 2.45. The molecule has 0 bridgehead atoms. The summed E-state index contributed by atoms with van der Waals surface area (Å²) < 4.78 is 11.4. The van der Waals surface area contributed by atoms with E-state index in [1.807, 2.05) is 6.21 Å². The SMILES string of the molecule is N#CC1(C2=NCCC=N2)CCC2(CC1)OCCO2. The Balaban J connectivity index is 1.77. The quantitative estimate of drug-likeness (QED) is 0.708. The van der Waals surface area contributed by atoms with Crippen molar-refractivity contribution in [3.63, 3.8) is 0 Å². The van der Waals surface area contributed by atoms with Crippen LogP contribution >= 0.6 is 0 Å². The standard InChI is InChI=1S/C13H17N3O2/c14-10-12(11-15-6-1-7-16-11)2-4-13(5-3-12)17-8-9-18-13/h6H,1-5,7-9H2. The van der Waals surface area contributed by atoms with E-state index in [4.69, 9.17) is 9.47 Å². The van der Waals surface area contributed by atoms with Gasteiger partial charge in [0.15, 0.2) is 5.79 Å². The molecule has 2 aliphatic heterocycles. The molecule has 0 radical (unpaired) electrons. The fraction of sp³-hybridized carbons (Fsp3) is 0.769. The molecular formula is C13H17N3O2. The van der Waals surface area contributed by atoms with Gasteiger partial charge in [0.2, 0.25) is 0 Å². The van der Waals surface area contributed by atoms with Crippen molar-refractivity contribution in [3.8, 4) is 6.07 Å². The largest absolute Gasteiger partial charge is 0.348 e. The van der Waals surface area contributed by atoms with E-state index in [0.29, 0.717) is 19.0 Å². The molecule has 5 heteroatoms. The minimum Gasteiger partial charge on any atom is -0.348 e. The average Bonchev–Trinajstić information content (AvgIpc) is 2.90. The van der Waals surface area contributed by atoms with E-state index in [1.165, 1.54) is 0 Å². The number of hydrogen-bond donors (Lipinski definition) is 0. The monoisotopic (exact) mass is 247 g/mol. The Labute approximate surface area is 107 Å². The lowest BCUT2D eigenvalue weighted by atomic mass is 9.72. The summed E-state index contributed by atoms with van der Waals surface area (Å²) in [5.41, 5.74) is -0.530. The van der Waals surface area contributed by atoms with Crippen LogP contribution in [0.1, 0.15) is 32.1 Å². The van der Waals surface area contributed by atoms with E-state index in [9.17, 15) is 5.26 Å². The lowest BCUT2D eigenvalue weighted by Crippen LogP contribution is -2.43. The molecule has 0 aromatic carbocycles. The molecule has 96 valence electrons. The second-order valence-electron chi connectivity index (χ2n) is 5.11. The van der Waals surface area contributed by atoms with Gasteiger partial charge in [-0.3, -0.25) is 4.99 Å². The Kier molecular flexibility index (Phi) is 2.92. The van der Waals surface area contributed by atoms with Gasteiger partial charge in [-0.25, -0.2) is 4.99 Å². The predicted molar refractivity (Wildman–Crippen MR) is 66.6 cm³/mol. The van der Waals surface area contributed by atoms with Crippen molar-refractivity contribution in [1.29, 1.82) is 5.26 Å². The fourth-order valence-electron chi connectivity index (χ4n) is 2.92. The third-order valence-electron chi connectivity index (χ3n) is 4.05. The molecule has 1 saturated heterocycles. The van der Waals surface area contributed by atoms with Crippen molar-refractivity contribution in [3.05, 3.63) is 0 Å². The maximum atomic E-state index is 9.54. The Morgan fingerprint density at radius 1 is 1.17 bits per heavy atom. The number of hydrogen-bond acceptors (Lipinski definition) is 5. The summed E-state index contributed by atoms with van der Waals surface area (Å²) in [4.78, 5) is 8.76. The highest BCUT2D eigenvalue weighted by atomic mass is 16.7. The fourth-order valence-corrected chi connectivity index (χ4v) is 2.92. The summed E-state index contributed by atoms with van der Waals surface area (Å²) in [7, 11) is 0. The molecular weight excluding hydrogens is 230 g/mol. The molecule has 2 fully saturated rings. The molecule has 1 spiro atoms. The first-order valence-electron chi connectivity index (χ1n) is 6.55. The van der Waals surface area contributed by atoms with Gasteiger partial charge >= 0.3 is 0 Å². The number of rotatable bonds is 1. The molecule has 0 aromatic heterocycles. The van der Waals surface area contributed by atoms with E-state index >= 15 is 0 Å². The number of nitriles is 1. The van der Waals surface area contributed by atoms with Crippen LogP contribution in [0, 0.1) is 16.7 Å². The minimum absolute atomic E-state index is 0.431. The smallest absolute Gasteiger partial charge is 0.168 e. The molecule has 18 heavy (non-hydrogen) atoms. The van der Waals surface area contributed by atoms with Gasteiger partial charge in [-0.05, 0) is 12.8 Å². The first-order chi connectivity index (χ1) is 8.79. The highest BCUT2D eigenvalue weighted by Gasteiger charge is 2.49. The van der Waals surface area contributed by atoms with Crippen LogP contribution in [0.3, 0.4) is 0 Å². The Hall–Kier alpha value is -1.25. The summed E-state index contributed by atoms with van der Waals surface area (Å²) in [6, 6.07) is 2.44. The molecule has 0 aromatic rings. The maximum Gasteiger partial charge on any atom is 0.168 e. The molecule has 3 rings (SSSR count). The van der Waals surface area contributed by atoms with Crippen molar-refractivity contribution < 1.29 is 9.47 Å². The first kappa shape index (κ1) is 11.8. The molecule has 0 N–H and O–H groups in total. The van der Waals surface area contributed by atoms with E-state index in [2.05, 4.69) is 16.1 Å². The Morgan fingerprint density at radius 3 is 2.44 bits per heavy atom. The van der Waals surface area contributed by atoms with Crippen LogP contribution in [0.15, 0.2) is 9.98 Å². The van der Waals surface area contributed by atoms with E-state index < -0.39 is 11.2 Å². The number of ether oxygens (including phenoxy) is 2. The van der Waals surface area contributed by atoms with E-state index in [1.54, 1.807) is 0 Å². The van der Waals surface area contributed by atoms with Gasteiger partial charge < -0.3 is 9.47 Å². The molecule has 1 saturated carbocycles. The first-order valence-corrected chi connectivity index (χ1v) is 6.55. The highest BCUT2D eigenvalue weighted by molar-refractivity contribution is 5.97. The average molecular weight is 247 g/mol. The maximum absolute atomic E-state index is 9.54. The summed E-state index contributed by atoms with van der Waals surface area (Å²) in [6.07, 6.45) is 5.71. The zero-order valence-corrected chi connectivity index (χ0v) is 10.4. The predicted octanol–water partition coefficient (Wildman–Crippen LogP) is 1.69. The molecule has 0 atom stereocenters. The second kappa shape index (κ2) is 4.45. The van der Waals surface area contributed by atoms with Crippen molar-refractivity contribution >= 4 is 12.1 Å². The van der Waals surface area contributed by atoms with Crippen molar-refractivity contribution in [2.75, 3.05) is 19.8 Å². The third-order valence-corrected chi connectivity index (χ3v) is 4.05. The zero-order chi connectivity index (χ0) is 12.5. The van der Waals surface area contributed by atoms with Gasteiger partial charge in [0.05, 0.1) is 19.3 Å². The van der Waals surface area contributed by atoms with Crippen LogP contribution in [-0.4, -0.2) is 37.6 Å². The molecule has 1 aliphatic carbocycles. The number of aliphatic imine (C=N–C) groups is 2. The molecule has 3 aliphatic rings. The Bertz CT molecular complexity index is 420. The van der Waals surface area contributed by atoms with Crippen LogP contribution in [0.5, 0.6) is 0 Å². The van der Waals surface area contributed by atoms with E-state index in [0.717, 1.165) is 38.6 Å². The van der Waals surface area contributed by atoms with Crippen LogP contribution in [0.2, 0.25) is 0 Å². The molecule has 5 nitrogen and oxygen atoms in total. The van der Waals surface area contributed by atoms with Crippen LogP contribution < -0.4 is 0 Å². The number of amidine groups is 1. The van der Waals surface area contributed by atoms with Crippen molar-refractivity contribution in [2.24, 2.45) is 15.4 Å². The van der Waals surface area contributed by atoms with Gasteiger partial charge in [0.1, 0.15) is 11.3 Å². The Morgan fingerprint density at radius 2 is 1.89 bits per heavy atom. The van der Waals surface area contributed by atoms with Crippen molar-refractivity contribution in [2.45, 2.75) is 37.9 Å². The summed E-state index contributed by atoms with van der Waals surface area (Å²) in [5.74, 6) is 0.281. The van der Waals surface area contributed by atoms with Crippen LogP contribution in [0.4, 0.5) is 0 Å². The second-order valence-corrected chi connectivity index (χ2v) is 5.11. The van der Waals surface area contributed by atoms with Crippen LogP contribution in [0.25, 0.3) is 0 Å². The van der Waals surface area contributed by atoms with Crippen molar-refractivity contribution in [1.82, 2.24) is 0 Å². The van der Waals surface area contributed by atoms with Gasteiger partial charge in [-0.2, -0.15) is 5.26 Å². The van der Waals surface area contributed by atoms with Gasteiger partial charge in [0, 0.05) is 32.0 Å².